The van der Waals surface area contributed by atoms with Crippen LogP contribution in [0.3, 0.4) is 0 Å². The summed E-state index contributed by atoms with van der Waals surface area (Å²) >= 11 is 5.69. The highest BCUT2D eigenvalue weighted by Gasteiger charge is 2.35. The first-order chi connectivity index (χ1) is 18.3. The van der Waals surface area contributed by atoms with Gasteiger partial charge in [0, 0.05) is 0 Å². The van der Waals surface area contributed by atoms with Crippen LogP contribution < -0.4 is 10.6 Å². The number of amides is 2. The first-order valence-electron chi connectivity index (χ1n) is 13.2. The number of aliphatic hydroxyl groups excluding tert-OH is 1. The van der Waals surface area contributed by atoms with E-state index in [1.54, 1.807) is 20.8 Å². The number of benzene rings is 2. The fraction of sp³-hybridized carbons (Fsp3) is 0.533. The molecule has 0 spiro atoms. The first kappa shape index (κ1) is 32.4. The Morgan fingerprint density at radius 3 is 1.72 bits per heavy atom. The minimum atomic E-state index is -0.829. The van der Waals surface area contributed by atoms with Crippen LogP contribution >= 0.6 is 11.6 Å². The van der Waals surface area contributed by atoms with Crippen LogP contribution in [0.2, 0.25) is 0 Å². The van der Waals surface area contributed by atoms with E-state index in [2.05, 4.69) is 10.6 Å². The van der Waals surface area contributed by atoms with E-state index in [4.69, 9.17) is 25.8 Å². The van der Waals surface area contributed by atoms with Crippen LogP contribution in [0.25, 0.3) is 0 Å². The molecule has 216 valence electrons. The predicted octanol–water partition coefficient (Wildman–Crippen LogP) is 5.24. The molecule has 0 saturated carbocycles. The van der Waals surface area contributed by atoms with Gasteiger partial charge in [-0.15, -0.1) is 11.6 Å². The molecule has 0 radical (unpaired) electrons. The smallest absolute Gasteiger partial charge is 0.407 e. The second-order valence-electron chi connectivity index (χ2n) is 11.5. The molecule has 1 fully saturated rings. The molecule has 1 heterocycles. The van der Waals surface area contributed by atoms with Gasteiger partial charge in [0.25, 0.3) is 0 Å². The summed E-state index contributed by atoms with van der Waals surface area (Å²) < 4.78 is 15.8. The maximum Gasteiger partial charge on any atom is 0.407 e. The van der Waals surface area contributed by atoms with Crippen LogP contribution in [0.5, 0.6) is 0 Å². The summed E-state index contributed by atoms with van der Waals surface area (Å²) in [6, 6.07) is 19.2. The minimum absolute atomic E-state index is 0.0303. The Morgan fingerprint density at radius 1 is 0.872 bits per heavy atom. The molecule has 3 N–H and O–H groups in total. The Bertz CT molecular complexity index is 1000. The zero-order valence-electron chi connectivity index (χ0n) is 23.8. The summed E-state index contributed by atoms with van der Waals surface area (Å²) in [7, 11) is 0. The molecule has 8 nitrogen and oxygen atoms in total. The summed E-state index contributed by atoms with van der Waals surface area (Å²) in [4.78, 5) is 23.6. The molecule has 39 heavy (non-hydrogen) atoms. The van der Waals surface area contributed by atoms with Gasteiger partial charge in [-0.3, -0.25) is 0 Å². The minimum Gasteiger partial charge on any atom is -0.444 e. The molecule has 2 aromatic carbocycles. The second kappa shape index (κ2) is 15.1. The average molecular weight is 563 g/mol. The molecule has 1 aliphatic rings. The van der Waals surface area contributed by atoms with Crippen molar-refractivity contribution in [1.29, 1.82) is 0 Å². The summed E-state index contributed by atoms with van der Waals surface area (Å²) in [5.41, 5.74) is 1.14. The van der Waals surface area contributed by atoms with Gasteiger partial charge in [-0.1, -0.05) is 60.7 Å². The van der Waals surface area contributed by atoms with Crippen molar-refractivity contribution in [3.8, 4) is 0 Å². The number of rotatable bonds is 9. The normalized spacial score (nSPS) is 17.0. The second-order valence-corrected chi connectivity index (χ2v) is 11.8. The topological polar surface area (TPSA) is 109 Å². The van der Waals surface area contributed by atoms with Crippen LogP contribution in [0.15, 0.2) is 60.7 Å². The fourth-order valence-electron chi connectivity index (χ4n) is 3.61. The SMILES string of the molecule is CC(C)(C)OC(=O)N[C@@H](Cc1ccccc1)[C@H](O)CCl.CC(C)(C)OC(=O)N[C@@H](Cc1ccccc1)[C@H]1CO1. The summed E-state index contributed by atoms with van der Waals surface area (Å²) in [6.07, 6.45) is -0.415. The standard InChI is InChI=1S/C15H22ClNO3.C15H21NO3/c1-15(2,3)20-14(19)17-12(13(18)10-16)9-11-7-5-4-6-8-11;1-15(2,3)19-14(17)16-12(13-10-18-13)9-11-7-5-4-6-8-11/h4-8,12-13,18H,9-10H2,1-3H3,(H,17,19);4-8,12-13H,9-10H2,1-3H3,(H,16,17)/t2*12-,13+/m00/s1. The average Bonchev–Trinajstić information content (AvgIpc) is 3.68. The van der Waals surface area contributed by atoms with Crippen molar-refractivity contribution in [2.45, 2.75) is 89.9 Å². The molecule has 9 heteroatoms. The number of alkyl carbamates (subject to hydrolysis) is 2. The molecule has 0 aromatic heterocycles. The lowest BCUT2D eigenvalue weighted by Crippen LogP contribution is -2.47. The molecule has 1 saturated heterocycles. The zero-order chi connectivity index (χ0) is 29.1. The molecular formula is C30H43ClN2O6. The van der Waals surface area contributed by atoms with E-state index in [1.165, 1.54) is 5.56 Å². The number of hydrogen-bond acceptors (Lipinski definition) is 6. The molecule has 0 aliphatic carbocycles. The van der Waals surface area contributed by atoms with Crippen molar-refractivity contribution >= 4 is 23.8 Å². The van der Waals surface area contributed by atoms with Crippen molar-refractivity contribution in [3.63, 3.8) is 0 Å². The molecule has 4 atom stereocenters. The number of epoxide rings is 1. The summed E-state index contributed by atoms with van der Waals surface area (Å²) in [5.74, 6) is 0.0489. The van der Waals surface area contributed by atoms with Gasteiger partial charge < -0.3 is 30.0 Å². The highest BCUT2D eigenvalue weighted by molar-refractivity contribution is 6.18. The maximum atomic E-state index is 11.8. The zero-order valence-corrected chi connectivity index (χ0v) is 24.5. The Kier molecular flexibility index (Phi) is 12.5. The van der Waals surface area contributed by atoms with E-state index in [9.17, 15) is 14.7 Å². The van der Waals surface area contributed by atoms with E-state index < -0.39 is 29.4 Å². The number of carbonyl (C=O) groups excluding carboxylic acids is 2. The third-order valence-electron chi connectivity index (χ3n) is 5.43. The third kappa shape index (κ3) is 14.2. The maximum absolute atomic E-state index is 11.8. The predicted molar refractivity (Wildman–Crippen MR) is 153 cm³/mol. The van der Waals surface area contributed by atoms with E-state index in [1.807, 2.05) is 81.4 Å². The molecule has 2 aromatic rings. The molecule has 3 rings (SSSR count). The number of aliphatic hydroxyl groups is 1. The highest BCUT2D eigenvalue weighted by Crippen LogP contribution is 2.19. The summed E-state index contributed by atoms with van der Waals surface area (Å²) in [6.45, 7) is 11.6. The van der Waals surface area contributed by atoms with Gasteiger partial charge in [-0.25, -0.2) is 9.59 Å². The lowest BCUT2D eigenvalue weighted by Gasteiger charge is -2.26. The first-order valence-corrected chi connectivity index (χ1v) is 13.7. The van der Waals surface area contributed by atoms with Gasteiger partial charge in [-0.2, -0.15) is 0 Å². The van der Waals surface area contributed by atoms with E-state index >= 15 is 0 Å². The van der Waals surface area contributed by atoms with Crippen LogP contribution in [0.4, 0.5) is 9.59 Å². The Hall–Kier alpha value is -2.81. The fourth-order valence-corrected chi connectivity index (χ4v) is 3.82. The molecule has 0 bridgehead atoms. The van der Waals surface area contributed by atoms with Crippen LogP contribution in [0, 0.1) is 0 Å². The van der Waals surface area contributed by atoms with Gasteiger partial charge >= 0.3 is 12.2 Å². The van der Waals surface area contributed by atoms with E-state index in [-0.39, 0.29) is 24.1 Å². The third-order valence-corrected chi connectivity index (χ3v) is 5.75. The number of alkyl halides is 1. The number of carbonyl (C=O) groups is 2. The van der Waals surface area contributed by atoms with Crippen LogP contribution in [-0.2, 0) is 27.1 Å². The van der Waals surface area contributed by atoms with Crippen molar-refractivity contribution in [3.05, 3.63) is 71.8 Å². The monoisotopic (exact) mass is 562 g/mol. The number of ether oxygens (including phenoxy) is 3. The number of nitrogens with one attached hydrogen (secondary N) is 2. The van der Waals surface area contributed by atoms with Crippen molar-refractivity contribution in [2.75, 3.05) is 12.5 Å². The molecule has 0 unspecified atom stereocenters. The van der Waals surface area contributed by atoms with Crippen molar-refractivity contribution in [2.24, 2.45) is 0 Å². The number of halogens is 1. The molecule has 1 aliphatic heterocycles. The Morgan fingerprint density at radius 2 is 1.31 bits per heavy atom. The largest absolute Gasteiger partial charge is 0.444 e. The van der Waals surface area contributed by atoms with Gasteiger partial charge in [0.15, 0.2) is 0 Å². The van der Waals surface area contributed by atoms with Gasteiger partial charge in [-0.05, 0) is 65.5 Å². The Balaban J connectivity index is 0.000000274. The Labute approximate surface area is 237 Å². The van der Waals surface area contributed by atoms with Gasteiger partial charge in [0.2, 0.25) is 0 Å². The van der Waals surface area contributed by atoms with Gasteiger partial charge in [0.05, 0.1) is 30.7 Å². The lowest BCUT2D eigenvalue weighted by atomic mass is 10.0. The van der Waals surface area contributed by atoms with Crippen LogP contribution in [-0.4, -0.2) is 65.3 Å². The van der Waals surface area contributed by atoms with Gasteiger partial charge in [0.1, 0.15) is 17.3 Å². The molecular weight excluding hydrogens is 520 g/mol. The van der Waals surface area contributed by atoms with E-state index in [0.29, 0.717) is 13.0 Å². The van der Waals surface area contributed by atoms with Crippen LogP contribution in [0.1, 0.15) is 52.7 Å². The molecule has 2 amide bonds. The highest BCUT2D eigenvalue weighted by atomic mass is 35.5. The van der Waals surface area contributed by atoms with Crippen molar-refractivity contribution < 1.29 is 28.9 Å². The lowest BCUT2D eigenvalue weighted by molar-refractivity contribution is 0.0438. The van der Waals surface area contributed by atoms with Crippen molar-refractivity contribution in [1.82, 2.24) is 10.6 Å². The number of hydrogen-bond donors (Lipinski definition) is 3. The quantitative estimate of drug-likeness (QED) is 0.285. The summed E-state index contributed by atoms with van der Waals surface area (Å²) in [5, 5.41) is 15.5. The van der Waals surface area contributed by atoms with E-state index in [0.717, 1.165) is 12.0 Å².